The first-order chi connectivity index (χ1) is 8.74. The molecule has 2 rings (SSSR count). The van der Waals surface area contributed by atoms with Crippen LogP contribution in [0.1, 0.15) is 6.42 Å². The van der Waals surface area contributed by atoms with Crippen LogP contribution in [0.2, 0.25) is 0 Å². The highest BCUT2D eigenvalue weighted by molar-refractivity contribution is 9.10. The van der Waals surface area contributed by atoms with E-state index in [1.807, 2.05) is 16.8 Å². The summed E-state index contributed by atoms with van der Waals surface area (Å²) in [6.45, 7) is 0.599. The largest absolute Gasteiger partial charge is 0.396 e. The summed E-state index contributed by atoms with van der Waals surface area (Å²) in [7, 11) is 1.63. The van der Waals surface area contributed by atoms with Gasteiger partial charge in [-0.1, -0.05) is 0 Å². The van der Waals surface area contributed by atoms with Crippen LogP contribution in [0.5, 0.6) is 0 Å². The molecule has 0 aromatic carbocycles. The van der Waals surface area contributed by atoms with Crippen LogP contribution >= 0.6 is 15.9 Å². The van der Waals surface area contributed by atoms with E-state index in [1.54, 1.807) is 13.3 Å². The van der Waals surface area contributed by atoms with E-state index in [4.69, 9.17) is 9.84 Å². The lowest BCUT2D eigenvalue weighted by molar-refractivity contribution is 0.170. The number of fused-ring (bicyclic) bond motifs is 1. The first-order valence-corrected chi connectivity index (χ1v) is 6.39. The van der Waals surface area contributed by atoms with Gasteiger partial charge < -0.3 is 19.6 Å². The molecule has 0 aliphatic carbocycles. The summed E-state index contributed by atoms with van der Waals surface area (Å²) in [5, 5.41) is 12.3. The number of ether oxygens (including phenoxy) is 1. The van der Waals surface area contributed by atoms with Crippen molar-refractivity contribution in [2.75, 3.05) is 25.6 Å². The van der Waals surface area contributed by atoms with Gasteiger partial charge in [0.2, 0.25) is 0 Å². The summed E-state index contributed by atoms with van der Waals surface area (Å²) < 4.78 is 7.71. The Morgan fingerprint density at radius 1 is 1.61 bits per heavy atom. The maximum Gasteiger partial charge on any atom is 0.180 e. The van der Waals surface area contributed by atoms with E-state index in [-0.39, 0.29) is 12.6 Å². The molecule has 7 heteroatoms. The van der Waals surface area contributed by atoms with Crippen molar-refractivity contribution in [1.82, 2.24) is 14.4 Å². The smallest absolute Gasteiger partial charge is 0.180 e. The lowest BCUT2D eigenvalue weighted by Gasteiger charge is -2.17. The van der Waals surface area contributed by atoms with E-state index in [1.165, 1.54) is 0 Å². The number of anilines is 1. The molecule has 98 valence electrons. The van der Waals surface area contributed by atoms with Crippen molar-refractivity contribution >= 4 is 27.4 Å². The van der Waals surface area contributed by atoms with E-state index in [0.29, 0.717) is 18.8 Å². The minimum atomic E-state index is 0.00213. The summed E-state index contributed by atoms with van der Waals surface area (Å²) >= 11 is 3.36. The number of hydrogen-bond acceptors (Lipinski definition) is 5. The molecule has 6 nitrogen and oxygen atoms in total. The van der Waals surface area contributed by atoms with Crippen molar-refractivity contribution in [3.8, 4) is 0 Å². The molecule has 0 aliphatic heterocycles. The third-order valence-corrected chi connectivity index (χ3v) is 2.91. The zero-order chi connectivity index (χ0) is 13.0. The minimum Gasteiger partial charge on any atom is -0.396 e. The molecule has 0 aliphatic rings. The predicted octanol–water partition coefficient (Wildman–Crippen LogP) is 1.30. The van der Waals surface area contributed by atoms with Crippen LogP contribution in [-0.4, -0.2) is 45.8 Å². The Hall–Kier alpha value is -1.18. The zero-order valence-corrected chi connectivity index (χ0v) is 11.6. The second-order valence-electron chi connectivity index (χ2n) is 3.88. The molecule has 2 aromatic rings. The molecular weight excluding hydrogens is 300 g/mol. The maximum absolute atomic E-state index is 9.02. The van der Waals surface area contributed by atoms with Gasteiger partial charge in [-0.3, -0.25) is 0 Å². The monoisotopic (exact) mass is 314 g/mol. The van der Waals surface area contributed by atoms with Crippen molar-refractivity contribution < 1.29 is 9.84 Å². The SMILES string of the molecule is COCC(CCO)Nc1nc(Br)cn2ccnc12. The first-order valence-electron chi connectivity index (χ1n) is 5.60. The van der Waals surface area contributed by atoms with E-state index < -0.39 is 0 Å². The van der Waals surface area contributed by atoms with E-state index >= 15 is 0 Å². The van der Waals surface area contributed by atoms with Crippen LogP contribution in [0.15, 0.2) is 23.2 Å². The van der Waals surface area contributed by atoms with Crippen LogP contribution in [0, 0.1) is 0 Å². The molecule has 1 atom stereocenters. The molecule has 0 spiro atoms. The molecule has 0 radical (unpaired) electrons. The topological polar surface area (TPSA) is 71.7 Å². The standard InChI is InChI=1S/C11H15BrN4O2/c1-18-7-8(2-5-17)14-10-11-13-3-4-16(11)6-9(12)15-10/h3-4,6,8,17H,2,5,7H2,1H3,(H,14,15). The van der Waals surface area contributed by atoms with Crippen LogP contribution in [0.4, 0.5) is 5.82 Å². The second kappa shape index (κ2) is 6.12. The highest BCUT2D eigenvalue weighted by Crippen LogP contribution is 2.18. The summed E-state index contributed by atoms with van der Waals surface area (Å²) in [6.07, 6.45) is 6.00. The Labute approximate surface area is 113 Å². The Balaban J connectivity index is 2.26. The van der Waals surface area contributed by atoms with E-state index in [0.717, 1.165) is 10.3 Å². The average molecular weight is 315 g/mol. The molecule has 0 fully saturated rings. The molecule has 0 amide bonds. The van der Waals surface area contributed by atoms with Crippen LogP contribution in [0.25, 0.3) is 5.65 Å². The Morgan fingerprint density at radius 2 is 2.44 bits per heavy atom. The molecule has 0 saturated carbocycles. The number of nitrogens with zero attached hydrogens (tertiary/aromatic N) is 3. The van der Waals surface area contributed by atoms with Gasteiger partial charge in [0, 0.05) is 32.3 Å². The van der Waals surface area contributed by atoms with Gasteiger partial charge in [0.1, 0.15) is 4.60 Å². The number of halogens is 1. The maximum atomic E-state index is 9.02. The normalized spacial score (nSPS) is 12.8. The van der Waals surface area contributed by atoms with Crippen molar-refractivity contribution in [3.05, 3.63) is 23.2 Å². The number of methoxy groups -OCH3 is 1. The fraction of sp³-hybridized carbons (Fsp3) is 0.455. The van der Waals surface area contributed by atoms with Crippen molar-refractivity contribution in [2.45, 2.75) is 12.5 Å². The summed E-state index contributed by atoms with van der Waals surface area (Å²) in [5.41, 5.74) is 0.747. The summed E-state index contributed by atoms with van der Waals surface area (Å²) in [6, 6.07) is 0.00213. The second-order valence-corrected chi connectivity index (χ2v) is 4.69. The number of aromatic nitrogens is 3. The van der Waals surface area contributed by atoms with Gasteiger partial charge in [-0.2, -0.15) is 0 Å². The summed E-state index contributed by atoms with van der Waals surface area (Å²) in [5.74, 6) is 0.671. The molecule has 2 heterocycles. The Kier molecular flexibility index (Phi) is 4.51. The predicted molar refractivity (Wildman–Crippen MR) is 71.7 cm³/mol. The third kappa shape index (κ3) is 2.98. The van der Waals surface area contributed by atoms with Gasteiger partial charge in [-0.15, -0.1) is 0 Å². The lowest BCUT2D eigenvalue weighted by Crippen LogP contribution is -2.27. The number of nitrogens with one attached hydrogen (secondary N) is 1. The van der Waals surface area contributed by atoms with Gasteiger partial charge in [-0.05, 0) is 22.4 Å². The van der Waals surface area contributed by atoms with Crippen molar-refractivity contribution in [2.24, 2.45) is 0 Å². The lowest BCUT2D eigenvalue weighted by atomic mass is 10.2. The number of imidazole rings is 1. The minimum absolute atomic E-state index is 0.00213. The van der Waals surface area contributed by atoms with Gasteiger partial charge in [0.05, 0.1) is 12.6 Å². The molecule has 0 bridgehead atoms. The third-order valence-electron chi connectivity index (χ3n) is 2.53. The first kappa shape index (κ1) is 13.3. The fourth-order valence-corrected chi connectivity index (χ4v) is 2.14. The highest BCUT2D eigenvalue weighted by Gasteiger charge is 2.12. The number of aliphatic hydroxyl groups excluding tert-OH is 1. The van der Waals surface area contributed by atoms with Gasteiger partial charge >= 0.3 is 0 Å². The van der Waals surface area contributed by atoms with E-state index in [9.17, 15) is 0 Å². The van der Waals surface area contributed by atoms with Gasteiger partial charge in [0.15, 0.2) is 11.5 Å². The molecule has 18 heavy (non-hydrogen) atoms. The van der Waals surface area contributed by atoms with Crippen LogP contribution in [-0.2, 0) is 4.74 Å². The quantitative estimate of drug-likeness (QED) is 0.841. The number of hydrogen-bond donors (Lipinski definition) is 2. The summed E-state index contributed by atoms with van der Waals surface area (Å²) in [4.78, 5) is 8.61. The molecular formula is C11H15BrN4O2. The molecule has 2 aromatic heterocycles. The van der Waals surface area contributed by atoms with Crippen LogP contribution in [0.3, 0.4) is 0 Å². The average Bonchev–Trinajstić information content (AvgIpc) is 2.77. The highest BCUT2D eigenvalue weighted by atomic mass is 79.9. The molecule has 1 unspecified atom stereocenters. The van der Waals surface area contributed by atoms with Gasteiger partial charge in [-0.25, -0.2) is 9.97 Å². The van der Waals surface area contributed by atoms with Crippen molar-refractivity contribution in [3.63, 3.8) is 0 Å². The molecule has 0 saturated heterocycles. The molecule has 2 N–H and O–H groups in total. The number of rotatable bonds is 6. The van der Waals surface area contributed by atoms with Crippen LogP contribution < -0.4 is 5.32 Å². The van der Waals surface area contributed by atoms with Crippen molar-refractivity contribution in [1.29, 1.82) is 0 Å². The zero-order valence-electron chi connectivity index (χ0n) is 10.0. The van der Waals surface area contributed by atoms with E-state index in [2.05, 4.69) is 31.2 Å². The Morgan fingerprint density at radius 3 is 3.17 bits per heavy atom. The Bertz CT molecular complexity index is 511. The fourth-order valence-electron chi connectivity index (χ4n) is 1.75. The van der Waals surface area contributed by atoms with Gasteiger partial charge in [0.25, 0.3) is 0 Å². The number of aliphatic hydroxyl groups is 1.